The van der Waals surface area contributed by atoms with E-state index in [1.165, 1.54) is 0 Å². The molecule has 0 amide bonds. The van der Waals surface area contributed by atoms with Gasteiger partial charge in [-0.15, -0.1) is 0 Å². The van der Waals surface area contributed by atoms with Gasteiger partial charge in [0, 0.05) is 41.3 Å². The fourth-order valence-corrected chi connectivity index (χ4v) is 3.57. The van der Waals surface area contributed by atoms with Crippen LogP contribution < -0.4 is 9.47 Å². The van der Waals surface area contributed by atoms with E-state index in [9.17, 15) is 4.79 Å². The van der Waals surface area contributed by atoms with Gasteiger partial charge in [-0.2, -0.15) is 4.98 Å². The number of ether oxygens (including phenoxy) is 2. The number of aromatic nitrogens is 3. The summed E-state index contributed by atoms with van der Waals surface area (Å²) in [6.45, 7) is 3.77. The first-order valence-corrected chi connectivity index (χ1v) is 10.4. The molecule has 1 N–H and O–H groups in total. The summed E-state index contributed by atoms with van der Waals surface area (Å²) in [5.41, 5.74) is 1.12. The van der Waals surface area contributed by atoms with Gasteiger partial charge < -0.3 is 19.1 Å². The van der Waals surface area contributed by atoms with Crippen LogP contribution in [0.2, 0.25) is 10.0 Å². The number of nitrogens with zero attached hydrogens (tertiary/aromatic N) is 3. The third kappa shape index (κ3) is 5.55. The topological polar surface area (TPSA) is 108 Å². The van der Waals surface area contributed by atoms with Crippen molar-refractivity contribution in [2.45, 2.75) is 38.9 Å². The first-order chi connectivity index (χ1) is 14.8. The molecule has 163 valence electrons. The number of rotatable bonds is 7. The Morgan fingerprint density at radius 2 is 1.97 bits per heavy atom. The van der Waals surface area contributed by atoms with Crippen LogP contribution in [0.4, 0.5) is 0 Å². The molecule has 4 rings (SSSR count). The summed E-state index contributed by atoms with van der Waals surface area (Å²) in [6, 6.07) is 6.76. The average molecular weight is 487 g/mol. The van der Waals surface area contributed by atoms with E-state index in [4.69, 9.17) is 42.3 Å². The Labute approximate surface area is 216 Å². The van der Waals surface area contributed by atoms with Crippen molar-refractivity contribution >= 4 is 58.7 Å². The van der Waals surface area contributed by atoms with Crippen molar-refractivity contribution in [3.05, 3.63) is 40.5 Å². The Balaban J connectivity index is 0.00000289. The number of pyridine rings is 1. The van der Waals surface area contributed by atoms with Gasteiger partial charge >= 0.3 is 5.97 Å². The summed E-state index contributed by atoms with van der Waals surface area (Å²) in [5.74, 6) is 0.306. The molecule has 3 aromatic rings. The van der Waals surface area contributed by atoms with Gasteiger partial charge in [0.15, 0.2) is 0 Å². The summed E-state index contributed by atoms with van der Waals surface area (Å²) in [7, 11) is 0. The number of carboxylic acids is 1. The Kier molecular flexibility index (Phi) is 8.06. The van der Waals surface area contributed by atoms with Crippen molar-refractivity contribution in [2.75, 3.05) is 0 Å². The molecule has 0 atom stereocenters. The van der Waals surface area contributed by atoms with Crippen molar-refractivity contribution in [3.8, 4) is 34.5 Å². The second kappa shape index (κ2) is 10.4. The molecule has 0 spiro atoms. The van der Waals surface area contributed by atoms with Gasteiger partial charge in [-0.25, -0.2) is 4.98 Å². The average Bonchev–Trinajstić information content (AvgIpc) is 3.15. The van der Waals surface area contributed by atoms with Crippen LogP contribution in [0.3, 0.4) is 0 Å². The summed E-state index contributed by atoms with van der Waals surface area (Å²) < 4.78 is 16.7. The molecular formula is C21H19Cl2N3NaO5. The van der Waals surface area contributed by atoms with Crippen molar-refractivity contribution in [1.82, 2.24) is 15.1 Å². The summed E-state index contributed by atoms with van der Waals surface area (Å²) in [6.07, 6.45) is 2.34. The van der Waals surface area contributed by atoms with E-state index < -0.39 is 5.97 Å². The Morgan fingerprint density at radius 1 is 1.22 bits per heavy atom. The van der Waals surface area contributed by atoms with E-state index in [0.29, 0.717) is 51.5 Å². The van der Waals surface area contributed by atoms with E-state index in [1.807, 2.05) is 13.8 Å². The monoisotopic (exact) mass is 486 g/mol. The maximum absolute atomic E-state index is 10.9. The molecule has 1 aliphatic rings. The molecule has 2 aromatic heterocycles. The van der Waals surface area contributed by atoms with Crippen LogP contribution in [0, 0.1) is 5.92 Å². The van der Waals surface area contributed by atoms with Gasteiger partial charge in [-0.05, 0) is 51.0 Å². The molecule has 1 aliphatic carbocycles. The number of aliphatic carboxylic acids is 1. The number of benzene rings is 1. The SMILES string of the molecule is CC(C)Oc1ncc(-c2nc(-c3ccc(OC4CC(C(=O)O)C4)cc3Cl)no2)cc1Cl.[Na]. The molecule has 2 heterocycles. The molecule has 1 saturated carbocycles. The van der Waals surface area contributed by atoms with Gasteiger partial charge in [0.05, 0.1) is 22.6 Å². The summed E-state index contributed by atoms with van der Waals surface area (Å²) >= 11 is 12.6. The minimum absolute atomic E-state index is 0. The number of halogens is 2. The molecule has 0 aliphatic heterocycles. The minimum Gasteiger partial charge on any atom is -0.490 e. The molecular weight excluding hydrogens is 468 g/mol. The molecule has 1 fully saturated rings. The zero-order chi connectivity index (χ0) is 22.1. The molecule has 0 unspecified atom stereocenters. The summed E-state index contributed by atoms with van der Waals surface area (Å²) in [5, 5.41) is 13.7. The quantitative estimate of drug-likeness (QED) is 0.476. The molecule has 32 heavy (non-hydrogen) atoms. The number of carboxylic acid groups (broad SMARTS) is 1. The fraction of sp³-hybridized carbons (Fsp3) is 0.333. The summed E-state index contributed by atoms with van der Waals surface area (Å²) in [4.78, 5) is 19.5. The molecule has 11 heteroatoms. The third-order valence-electron chi connectivity index (χ3n) is 4.76. The van der Waals surface area contributed by atoms with Crippen LogP contribution in [-0.2, 0) is 4.79 Å². The van der Waals surface area contributed by atoms with E-state index in [2.05, 4.69) is 15.1 Å². The van der Waals surface area contributed by atoms with Gasteiger partial charge in [0.1, 0.15) is 16.9 Å². The number of hydrogen-bond donors (Lipinski definition) is 1. The molecule has 0 bridgehead atoms. The second-order valence-corrected chi connectivity index (χ2v) is 8.30. The van der Waals surface area contributed by atoms with Gasteiger partial charge in [-0.1, -0.05) is 28.4 Å². The molecule has 1 aromatic carbocycles. The van der Waals surface area contributed by atoms with Crippen molar-refractivity contribution in [3.63, 3.8) is 0 Å². The largest absolute Gasteiger partial charge is 0.490 e. The Bertz CT molecular complexity index is 1120. The fourth-order valence-electron chi connectivity index (χ4n) is 3.11. The zero-order valence-corrected chi connectivity index (χ0v) is 21.2. The predicted molar refractivity (Wildman–Crippen MR) is 119 cm³/mol. The van der Waals surface area contributed by atoms with Crippen LogP contribution in [0.25, 0.3) is 22.8 Å². The first kappa shape index (κ1) is 24.8. The van der Waals surface area contributed by atoms with E-state index >= 15 is 0 Å². The molecule has 1 radical (unpaired) electrons. The Hall–Kier alpha value is -1.84. The Morgan fingerprint density at radius 3 is 2.59 bits per heavy atom. The van der Waals surface area contributed by atoms with Crippen molar-refractivity contribution < 1.29 is 23.9 Å². The molecule has 8 nitrogen and oxygen atoms in total. The van der Waals surface area contributed by atoms with Crippen LogP contribution in [-0.4, -0.2) is 68.0 Å². The van der Waals surface area contributed by atoms with Crippen LogP contribution >= 0.6 is 23.2 Å². The van der Waals surface area contributed by atoms with Crippen LogP contribution in [0.1, 0.15) is 26.7 Å². The van der Waals surface area contributed by atoms with Crippen molar-refractivity contribution in [1.29, 1.82) is 0 Å². The number of hydrogen-bond acceptors (Lipinski definition) is 7. The van der Waals surface area contributed by atoms with E-state index in [1.54, 1.807) is 30.5 Å². The van der Waals surface area contributed by atoms with Crippen LogP contribution in [0.15, 0.2) is 35.0 Å². The predicted octanol–water partition coefficient (Wildman–Crippen LogP) is 4.75. The third-order valence-corrected chi connectivity index (χ3v) is 5.34. The maximum atomic E-state index is 10.9. The normalized spacial score (nSPS) is 17.4. The van der Waals surface area contributed by atoms with Crippen molar-refractivity contribution in [2.24, 2.45) is 5.92 Å². The first-order valence-electron chi connectivity index (χ1n) is 9.66. The minimum atomic E-state index is -0.792. The molecule has 0 saturated heterocycles. The van der Waals surface area contributed by atoms with Gasteiger partial charge in [0.25, 0.3) is 5.89 Å². The van der Waals surface area contributed by atoms with Gasteiger partial charge in [0.2, 0.25) is 11.7 Å². The van der Waals surface area contributed by atoms with E-state index in [0.717, 1.165) is 0 Å². The number of carbonyl (C=O) groups is 1. The smallest absolute Gasteiger partial charge is 0.306 e. The standard InChI is InChI=1S/C21H19Cl2N3O5.Na/c1-10(2)29-20-17(23)7-12(9-24-20)19-25-18(26-31-19)15-4-3-13(8-16(15)22)30-14-5-11(6-14)21(27)28;/h3-4,7-11,14H,5-6H2,1-2H3,(H,27,28);. The second-order valence-electron chi connectivity index (χ2n) is 7.49. The maximum Gasteiger partial charge on any atom is 0.306 e. The van der Waals surface area contributed by atoms with Crippen LogP contribution in [0.5, 0.6) is 11.6 Å². The van der Waals surface area contributed by atoms with Gasteiger partial charge in [-0.3, -0.25) is 4.79 Å². The zero-order valence-electron chi connectivity index (χ0n) is 17.7. The van der Waals surface area contributed by atoms with E-state index in [-0.39, 0.29) is 53.6 Å².